The first kappa shape index (κ1) is 7.79. The van der Waals surface area contributed by atoms with E-state index in [1.54, 1.807) is 13.0 Å². The van der Waals surface area contributed by atoms with Gasteiger partial charge >= 0.3 is 0 Å². The molecule has 0 atom stereocenters. The molecule has 1 aromatic rings. The van der Waals surface area contributed by atoms with Crippen LogP contribution in [0.15, 0.2) is 18.2 Å². The Hall–Kier alpha value is -1.32. The second-order valence-corrected chi connectivity index (χ2v) is 2.48. The molecule has 1 rings (SSSR count). The summed E-state index contributed by atoms with van der Waals surface area (Å²) in [6, 6.07) is 5.07. The molecule has 4 heteroatoms. The number of nitro groups is 1. The Bertz CT molecular complexity index is 298. The minimum absolute atomic E-state index is 0.199. The Kier molecular flexibility index (Phi) is 1.94. The van der Waals surface area contributed by atoms with Crippen LogP contribution in [-0.4, -0.2) is 12.8 Å². The van der Waals surface area contributed by atoms with Crippen LogP contribution >= 0.6 is 0 Å². The molecule has 0 saturated carbocycles. The standard InChI is InChI=1S/C7H8BNO2/c1-5-6(8)3-2-4-7(5)9(10)11/h2-4H,8H2,1H3. The molecule has 3 nitrogen and oxygen atoms in total. The Balaban J connectivity index is 3.27. The second-order valence-electron chi connectivity index (χ2n) is 2.48. The van der Waals surface area contributed by atoms with Crippen molar-refractivity contribution >= 4 is 19.0 Å². The maximum Gasteiger partial charge on any atom is 0.271 e. The van der Waals surface area contributed by atoms with Crippen molar-refractivity contribution in [1.82, 2.24) is 0 Å². The zero-order valence-corrected chi connectivity index (χ0v) is 6.50. The lowest BCUT2D eigenvalue weighted by Crippen LogP contribution is -2.08. The highest BCUT2D eigenvalue weighted by atomic mass is 16.6. The van der Waals surface area contributed by atoms with E-state index in [1.807, 2.05) is 13.9 Å². The molecular weight excluding hydrogens is 141 g/mol. The molecule has 0 radical (unpaired) electrons. The van der Waals surface area contributed by atoms with Gasteiger partial charge in [-0.25, -0.2) is 0 Å². The van der Waals surface area contributed by atoms with Crippen molar-refractivity contribution in [2.45, 2.75) is 6.92 Å². The summed E-state index contributed by atoms with van der Waals surface area (Å²) < 4.78 is 0. The van der Waals surface area contributed by atoms with Crippen molar-refractivity contribution in [3.8, 4) is 0 Å². The maximum absolute atomic E-state index is 10.4. The van der Waals surface area contributed by atoms with Crippen LogP contribution in [0.2, 0.25) is 0 Å². The molecule has 0 fully saturated rings. The van der Waals surface area contributed by atoms with Crippen LogP contribution in [-0.2, 0) is 0 Å². The number of nitrogens with zero attached hydrogens (tertiary/aromatic N) is 1. The normalized spacial score (nSPS) is 9.55. The first-order valence-corrected chi connectivity index (χ1v) is 3.33. The van der Waals surface area contributed by atoms with Crippen molar-refractivity contribution < 1.29 is 4.92 Å². The quantitative estimate of drug-likeness (QED) is 0.324. The molecule has 11 heavy (non-hydrogen) atoms. The number of nitro benzene ring substituents is 1. The van der Waals surface area contributed by atoms with Gasteiger partial charge in [-0.3, -0.25) is 10.1 Å². The second kappa shape index (κ2) is 2.74. The van der Waals surface area contributed by atoms with E-state index in [2.05, 4.69) is 0 Å². The largest absolute Gasteiger partial charge is 0.271 e. The molecule has 0 spiro atoms. The fourth-order valence-electron chi connectivity index (χ4n) is 0.933. The van der Waals surface area contributed by atoms with Gasteiger partial charge in [0.1, 0.15) is 7.85 Å². The first-order chi connectivity index (χ1) is 5.13. The first-order valence-electron chi connectivity index (χ1n) is 3.33. The molecule has 0 unspecified atom stereocenters. The molecule has 0 aromatic heterocycles. The molecular formula is C7H8BNO2. The minimum atomic E-state index is -0.359. The number of rotatable bonds is 1. The third-order valence-electron chi connectivity index (χ3n) is 1.77. The summed E-state index contributed by atoms with van der Waals surface area (Å²) in [4.78, 5) is 10.0. The van der Waals surface area contributed by atoms with Crippen LogP contribution < -0.4 is 5.46 Å². The lowest BCUT2D eigenvalue weighted by atomic mass is 9.90. The van der Waals surface area contributed by atoms with Gasteiger partial charge in [0, 0.05) is 11.6 Å². The van der Waals surface area contributed by atoms with Gasteiger partial charge in [0.15, 0.2) is 0 Å². The van der Waals surface area contributed by atoms with E-state index < -0.39 is 0 Å². The summed E-state index contributed by atoms with van der Waals surface area (Å²) in [7, 11) is 1.86. The van der Waals surface area contributed by atoms with Crippen molar-refractivity contribution in [1.29, 1.82) is 0 Å². The zero-order chi connectivity index (χ0) is 8.43. The summed E-state index contributed by atoms with van der Waals surface area (Å²) in [6.45, 7) is 1.76. The van der Waals surface area contributed by atoms with E-state index in [0.29, 0.717) is 0 Å². The molecule has 0 N–H and O–H groups in total. The SMILES string of the molecule is Bc1cccc([N+](=O)[O-])c1C. The fourth-order valence-corrected chi connectivity index (χ4v) is 0.933. The molecule has 56 valence electrons. The van der Waals surface area contributed by atoms with Crippen LogP contribution in [0.25, 0.3) is 0 Å². The van der Waals surface area contributed by atoms with Crippen LogP contribution in [0.3, 0.4) is 0 Å². The van der Waals surface area contributed by atoms with E-state index in [9.17, 15) is 10.1 Å². The van der Waals surface area contributed by atoms with Crippen molar-refractivity contribution in [2.75, 3.05) is 0 Å². The van der Waals surface area contributed by atoms with Gasteiger partial charge < -0.3 is 0 Å². The summed E-state index contributed by atoms with van der Waals surface area (Å²) in [5.41, 5.74) is 1.90. The summed E-state index contributed by atoms with van der Waals surface area (Å²) in [5, 5.41) is 10.4. The van der Waals surface area contributed by atoms with Crippen LogP contribution in [0, 0.1) is 17.0 Å². The van der Waals surface area contributed by atoms with Crippen LogP contribution in [0.4, 0.5) is 5.69 Å². The van der Waals surface area contributed by atoms with Gasteiger partial charge in [-0.2, -0.15) is 0 Å². The number of hydrogen-bond acceptors (Lipinski definition) is 2. The molecule has 1 aromatic carbocycles. The molecule has 0 heterocycles. The monoisotopic (exact) mass is 149 g/mol. The average Bonchev–Trinajstić information content (AvgIpc) is 1.94. The molecule has 0 aliphatic rings. The Morgan fingerprint density at radius 1 is 1.55 bits per heavy atom. The molecule has 0 aliphatic heterocycles. The van der Waals surface area contributed by atoms with Gasteiger partial charge in [0.2, 0.25) is 0 Å². The number of hydrogen-bond donors (Lipinski definition) is 0. The van der Waals surface area contributed by atoms with E-state index in [0.717, 1.165) is 11.0 Å². The van der Waals surface area contributed by atoms with E-state index in [1.165, 1.54) is 6.07 Å². The van der Waals surface area contributed by atoms with Gasteiger partial charge in [-0.1, -0.05) is 17.6 Å². The van der Waals surface area contributed by atoms with E-state index in [-0.39, 0.29) is 10.6 Å². The van der Waals surface area contributed by atoms with E-state index in [4.69, 9.17) is 0 Å². The van der Waals surface area contributed by atoms with Crippen molar-refractivity contribution in [2.24, 2.45) is 0 Å². The lowest BCUT2D eigenvalue weighted by Gasteiger charge is -1.98. The molecule has 0 saturated heterocycles. The third-order valence-corrected chi connectivity index (χ3v) is 1.77. The highest BCUT2D eigenvalue weighted by Gasteiger charge is 2.09. The molecule has 0 aliphatic carbocycles. The average molecular weight is 149 g/mol. The predicted octanol–water partition coefficient (Wildman–Crippen LogP) is 0.162. The molecule has 0 amide bonds. The van der Waals surface area contributed by atoms with Gasteiger partial charge in [0.05, 0.1) is 4.92 Å². The minimum Gasteiger partial charge on any atom is -0.258 e. The fraction of sp³-hybridized carbons (Fsp3) is 0.143. The topological polar surface area (TPSA) is 43.1 Å². The van der Waals surface area contributed by atoms with Crippen molar-refractivity contribution in [3.63, 3.8) is 0 Å². The zero-order valence-electron chi connectivity index (χ0n) is 6.50. The van der Waals surface area contributed by atoms with E-state index >= 15 is 0 Å². The van der Waals surface area contributed by atoms with Crippen LogP contribution in [0.5, 0.6) is 0 Å². The molecule has 0 bridgehead atoms. The summed E-state index contributed by atoms with van der Waals surface area (Å²) >= 11 is 0. The lowest BCUT2D eigenvalue weighted by molar-refractivity contribution is -0.385. The highest BCUT2D eigenvalue weighted by Crippen LogP contribution is 2.13. The summed E-state index contributed by atoms with van der Waals surface area (Å²) in [5.74, 6) is 0. The Labute approximate surface area is 65.6 Å². The van der Waals surface area contributed by atoms with Crippen LogP contribution in [0.1, 0.15) is 5.56 Å². The Morgan fingerprint density at radius 2 is 2.18 bits per heavy atom. The third kappa shape index (κ3) is 1.39. The van der Waals surface area contributed by atoms with Gasteiger partial charge in [-0.15, -0.1) is 0 Å². The van der Waals surface area contributed by atoms with Gasteiger partial charge in [-0.05, 0) is 6.92 Å². The maximum atomic E-state index is 10.4. The Morgan fingerprint density at radius 3 is 2.64 bits per heavy atom. The van der Waals surface area contributed by atoms with Crippen molar-refractivity contribution in [3.05, 3.63) is 33.9 Å². The predicted molar refractivity (Wildman–Crippen MR) is 46.0 cm³/mol. The number of benzene rings is 1. The highest BCUT2D eigenvalue weighted by molar-refractivity contribution is 6.33. The summed E-state index contributed by atoms with van der Waals surface area (Å²) in [6.07, 6.45) is 0. The van der Waals surface area contributed by atoms with Gasteiger partial charge in [0.25, 0.3) is 5.69 Å². The smallest absolute Gasteiger partial charge is 0.258 e.